The van der Waals surface area contributed by atoms with Crippen LogP contribution in [0.2, 0.25) is 0 Å². The number of carbonyl (C=O) groups is 12. The molecule has 7 aromatic rings. The summed E-state index contributed by atoms with van der Waals surface area (Å²) in [6.45, 7) is 2.53. The van der Waals surface area contributed by atoms with Gasteiger partial charge in [-0.15, -0.1) is 0 Å². The molecule has 42 nitrogen and oxygen atoms in total. The second kappa shape index (κ2) is 60.6. The number of carbonyl (C=O) groups excluding carboxylic acids is 12. The maximum Gasteiger partial charge on any atom is 0.343 e. The minimum Gasteiger partial charge on any atom is -0.748 e. The van der Waals surface area contributed by atoms with Gasteiger partial charge in [0.25, 0.3) is 0 Å². The predicted molar refractivity (Wildman–Crippen MR) is 503 cm³/mol. The van der Waals surface area contributed by atoms with Crippen molar-refractivity contribution in [3.05, 3.63) is 212 Å². The Labute approximate surface area is 834 Å². The minimum absolute atomic E-state index is 0.0188. The number of rotatable bonds is 41. The van der Waals surface area contributed by atoms with Crippen molar-refractivity contribution in [2.75, 3.05) is 74.2 Å². The number of hydrogen-bond donors (Lipinski definition) is 0. The molecule has 0 aromatic heterocycles. The number of benzene rings is 7. The van der Waals surface area contributed by atoms with Crippen molar-refractivity contribution in [3.63, 3.8) is 0 Å². The smallest absolute Gasteiger partial charge is 0.343 e. The lowest BCUT2D eigenvalue weighted by Crippen LogP contribution is -2.24. The van der Waals surface area contributed by atoms with Gasteiger partial charge in [0.2, 0.25) is 0 Å². The fourth-order valence-corrected chi connectivity index (χ4v) is 13.5. The number of ether oxygens (including phenoxy) is 12. The van der Waals surface area contributed by atoms with Crippen LogP contribution >= 0.6 is 0 Å². The van der Waals surface area contributed by atoms with Gasteiger partial charge in [-0.1, -0.05) is 179 Å². The van der Waals surface area contributed by atoms with Crippen LogP contribution in [-0.4, -0.2) is 271 Å². The summed E-state index contributed by atoms with van der Waals surface area (Å²) >= 11 is 0. The molecule has 0 N–H and O–H groups in total. The Bertz CT molecular complexity index is 6310. The third-order valence-electron chi connectivity index (χ3n) is 19.1. The Morgan fingerprint density at radius 1 is 0.301 bits per heavy atom. The third kappa shape index (κ3) is 48.8. The SMILES string of the molecule is [B]Cc1ccc(C(=O)OCCS(=O)(=O)[O-])c(OC(=O)C(C)C)c1.[B]Cc1ccc(C(=O)OCCS(=O)(=O)[O-])c(OC(=O)C2CCCC2)c1.[B]Cc1ccc(C(=O)OCCS(=O)(=O)[O-])c(OC(=O)C2CCCCC2)c1.[B]Cc1ccc(C(=O)OCCS(=O)(=O)[O-])c(OC(=O)CC)c1.[B]Cc1ccc(C(=O)OCCS(=O)(=O)[O-])c(OC(=O)c2ccccc2)c1.[B]Cc1ccc(C(=O)OCCS(=O)(=O)[O-])c(OC(C)=O)c1. The topological polar surface area (TPSA) is 659 Å². The van der Waals surface area contributed by atoms with Crippen molar-refractivity contribution in [2.45, 2.75) is 130 Å². The van der Waals surface area contributed by atoms with Crippen LogP contribution in [0, 0.1) is 17.8 Å². The van der Waals surface area contributed by atoms with Gasteiger partial charge in [0.15, 0.2) is 0 Å². The zero-order chi connectivity index (χ0) is 107. The van der Waals surface area contributed by atoms with Gasteiger partial charge in [0.05, 0.1) is 166 Å². The van der Waals surface area contributed by atoms with Crippen molar-refractivity contribution in [1.82, 2.24) is 0 Å². The lowest BCUT2D eigenvalue weighted by Gasteiger charge is -2.20. The van der Waals surface area contributed by atoms with E-state index in [4.69, 9.17) is 99.2 Å². The zero-order valence-corrected chi connectivity index (χ0v) is 82.3. The molecule has 0 bridgehead atoms. The molecule has 2 aliphatic rings. The van der Waals surface area contributed by atoms with Crippen LogP contribution in [0.1, 0.15) is 198 Å². The first-order chi connectivity index (χ1) is 67.0. The molecule has 0 aliphatic heterocycles. The van der Waals surface area contributed by atoms with E-state index >= 15 is 0 Å². The molecule has 2 fully saturated rings. The fourth-order valence-electron chi connectivity index (χ4n) is 11.8. The molecule has 54 heteroatoms. The molecule has 143 heavy (non-hydrogen) atoms. The van der Waals surface area contributed by atoms with Gasteiger partial charge >= 0.3 is 71.6 Å². The number of hydrogen-bond acceptors (Lipinski definition) is 42. The lowest BCUT2D eigenvalue weighted by molar-refractivity contribution is -0.140. The Morgan fingerprint density at radius 3 is 0.748 bits per heavy atom. The highest BCUT2D eigenvalue weighted by atomic mass is 32.2. The highest BCUT2D eigenvalue weighted by Gasteiger charge is 2.30. The van der Waals surface area contributed by atoms with Gasteiger partial charge in [-0.2, -0.15) is 0 Å². The Kier molecular flexibility index (Phi) is 52.2. The minimum atomic E-state index is -4.51. The molecule has 762 valence electrons. The van der Waals surface area contributed by atoms with Crippen molar-refractivity contribution < 1.29 is 192 Å². The molecule has 0 heterocycles. The molecule has 0 spiro atoms. The van der Waals surface area contributed by atoms with Crippen LogP contribution in [-0.2, 0) is 151 Å². The van der Waals surface area contributed by atoms with Crippen molar-refractivity contribution in [3.8, 4) is 34.5 Å². The van der Waals surface area contributed by atoms with Crippen LogP contribution in [0.25, 0.3) is 0 Å². The average molecular weight is 2090 g/mol. The van der Waals surface area contributed by atoms with E-state index in [0.29, 0.717) is 33.4 Å². The molecule has 9 rings (SSSR count). The van der Waals surface area contributed by atoms with Crippen LogP contribution in [0.3, 0.4) is 0 Å². The summed E-state index contributed by atoms with van der Waals surface area (Å²) in [6, 6.07) is 34.3. The molecule has 2 aliphatic carbocycles. The van der Waals surface area contributed by atoms with Crippen LogP contribution in [0.15, 0.2) is 140 Å². The first-order valence-electron chi connectivity index (χ1n) is 43.0. The van der Waals surface area contributed by atoms with E-state index in [1.807, 2.05) is 0 Å². The van der Waals surface area contributed by atoms with Gasteiger partial charge in [0.1, 0.15) is 108 Å². The second-order valence-corrected chi connectivity index (χ2v) is 39.6. The van der Waals surface area contributed by atoms with E-state index in [0.717, 1.165) is 64.7 Å². The van der Waals surface area contributed by atoms with Crippen molar-refractivity contribution in [2.24, 2.45) is 17.8 Å². The van der Waals surface area contributed by atoms with E-state index in [1.165, 1.54) is 78.9 Å². The summed E-state index contributed by atoms with van der Waals surface area (Å²) in [6.07, 6.45) is 9.09. The van der Waals surface area contributed by atoms with E-state index in [9.17, 15) is 135 Å². The summed E-state index contributed by atoms with van der Waals surface area (Å²) in [4.78, 5) is 143. The summed E-state index contributed by atoms with van der Waals surface area (Å²) in [5.74, 6) is -14.5. The van der Waals surface area contributed by atoms with Crippen LogP contribution in [0.4, 0.5) is 0 Å². The fraction of sp³-hybridized carbons (Fsp3) is 0.393. The molecule has 0 unspecified atom stereocenters. The molecule has 0 saturated heterocycles. The van der Waals surface area contributed by atoms with Gasteiger partial charge < -0.3 is 84.2 Å². The highest BCUT2D eigenvalue weighted by molar-refractivity contribution is 7.86. The normalized spacial score (nSPS) is 12.6. The van der Waals surface area contributed by atoms with Gasteiger partial charge in [-0.05, 0) is 111 Å². The summed E-state index contributed by atoms with van der Waals surface area (Å²) < 4.78 is 249. The predicted octanol–water partition coefficient (Wildman–Crippen LogP) is 4.95. The quantitative estimate of drug-likeness (QED) is 0.0161. The number of esters is 12. The van der Waals surface area contributed by atoms with E-state index < -0.39 is 212 Å². The van der Waals surface area contributed by atoms with Crippen molar-refractivity contribution in [1.29, 1.82) is 0 Å². The molecule has 2 saturated carbocycles. The van der Waals surface area contributed by atoms with Gasteiger partial charge in [-0.3, -0.25) is 24.0 Å². The second-order valence-electron chi connectivity index (χ2n) is 30.5. The molecule has 12 radical (unpaired) electrons. The first-order valence-corrected chi connectivity index (χ1v) is 52.4. The first kappa shape index (κ1) is 123. The van der Waals surface area contributed by atoms with Gasteiger partial charge in [0, 0.05) is 13.3 Å². The van der Waals surface area contributed by atoms with Crippen molar-refractivity contribution >= 4 is 179 Å². The highest BCUT2D eigenvalue weighted by Crippen LogP contribution is 2.33. The zero-order valence-electron chi connectivity index (χ0n) is 77.4. The average Bonchev–Trinajstić information content (AvgIpc) is 1.62. The maximum atomic E-state index is 12.4. The lowest BCUT2D eigenvalue weighted by atomic mass is 9.89. The monoisotopic (exact) mass is 2090 g/mol. The molecule has 7 aromatic carbocycles. The summed E-state index contributed by atoms with van der Waals surface area (Å²) in [7, 11) is 6.24. The van der Waals surface area contributed by atoms with Crippen LogP contribution < -0.4 is 28.4 Å². The Hall–Kier alpha value is -12.0. The Morgan fingerprint density at radius 2 is 0.524 bits per heavy atom. The molecular formula is C89H94B6O42S6-6. The summed E-state index contributed by atoms with van der Waals surface area (Å²) in [5, 5.41) is 0. The molecule has 0 atom stereocenters. The van der Waals surface area contributed by atoms with E-state index in [2.05, 4.69) is 4.74 Å². The maximum absolute atomic E-state index is 12.4. The van der Waals surface area contributed by atoms with Gasteiger partial charge in [-0.25, -0.2) is 84.1 Å². The third-order valence-corrected chi connectivity index (χ3v) is 23.1. The van der Waals surface area contributed by atoms with E-state index in [-0.39, 0.29) is 130 Å². The molecule has 0 amide bonds. The Balaban J connectivity index is 0.000000358. The standard InChI is InChI=1S/C17H21BO7S.C17H15BO7S.C16H19BO7S.C14H17BO7S.C13H15BO7S.C12H13BO7S/c2*18-11-12-6-7-14(17(20)24-8-9-26(21,22)23)15(10-12)25-16(19)13-4-2-1-3-5-13;17-10-11-5-6-13(16(19)23-7-8-25(20,21)22)14(9-11)24-15(18)12-3-1-2-4-12;1-9(2)13(16)22-12-7-10(8-15)3-4-11(12)14(17)21-5-6-23(18,19)20;1-2-12(15)21-11-7-9(8-14)3-4-10(11)13(16)20-5-6-22(17,18)19;1-8(14)20-11-6-9(7-13)2-3-10(11)12(15)19-4-5-21(16,17)18/h6-7,10,13H,1-5,8-9,11H2,(H,21,22,23);1-7,10H,8-9,11H2,(H,21,22,23);5-6,9,12H,1-4,7-8,10H2,(H,20,21,22);3-4,7,9H,5-6,8H2,1-2H3,(H,18,19,20);3-4,7H,2,5-6,8H2,1H3,(H,17,18,19);2-3,6H,4-5,7H2,1H3,(H,16,17,18)/p-6. The van der Waals surface area contributed by atoms with Crippen LogP contribution in [0.5, 0.6) is 34.5 Å². The summed E-state index contributed by atoms with van der Waals surface area (Å²) in [5.41, 5.74) is 3.81. The largest absolute Gasteiger partial charge is 0.748 e. The van der Waals surface area contributed by atoms with E-state index in [1.54, 1.807) is 81.4 Å². The molecular weight excluding hydrogens is 2000 g/mol.